The van der Waals surface area contributed by atoms with Crippen LogP contribution in [-0.2, 0) is 19.1 Å². The molecule has 1 saturated heterocycles. The fourth-order valence-electron chi connectivity index (χ4n) is 8.07. The molecule has 0 aromatic heterocycles. The number of nitrogens with one attached hydrogen (secondary N) is 1. The largest absolute Gasteiger partial charge is 0.461 e. The van der Waals surface area contributed by atoms with E-state index in [9.17, 15) is 24.6 Å². The summed E-state index contributed by atoms with van der Waals surface area (Å²) in [6, 6.07) is -0.129. The highest BCUT2D eigenvalue weighted by molar-refractivity contribution is 5.78. The Morgan fingerprint density at radius 2 is 1.56 bits per heavy atom. The quantitative estimate of drug-likeness (QED) is 0.0510. The number of aliphatic hydroxyl groups is 2. The molecular formula is C49H76N2O6. The summed E-state index contributed by atoms with van der Waals surface area (Å²) in [7, 11) is 0. The van der Waals surface area contributed by atoms with Gasteiger partial charge in [-0.25, -0.2) is 0 Å². The second kappa shape index (κ2) is 25.8. The first kappa shape index (κ1) is 47.9. The van der Waals surface area contributed by atoms with Crippen LogP contribution in [-0.4, -0.2) is 70.3 Å². The lowest BCUT2D eigenvalue weighted by atomic mass is 9.65. The minimum absolute atomic E-state index is 0.0717. The highest BCUT2D eigenvalue weighted by Crippen LogP contribution is 2.45. The molecule has 2 amide bonds. The summed E-state index contributed by atoms with van der Waals surface area (Å²) in [6.45, 7) is 13.5. The zero-order valence-corrected chi connectivity index (χ0v) is 36.1. The van der Waals surface area contributed by atoms with Crippen molar-refractivity contribution >= 4 is 17.8 Å². The van der Waals surface area contributed by atoms with E-state index in [1.54, 1.807) is 0 Å². The molecule has 1 fully saturated rings. The molecule has 0 bridgehead atoms. The smallest absolute Gasteiger partial charge is 0.311 e. The molecule has 3 N–H and O–H groups in total. The van der Waals surface area contributed by atoms with Crippen molar-refractivity contribution in [2.24, 2.45) is 29.1 Å². The highest BCUT2D eigenvalue weighted by atomic mass is 16.5. The van der Waals surface area contributed by atoms with Crippen LogP contribution in [0.2, 0.25) is 0 Å². The number of nitrogens with zero attached hydrogens (tertiary/aromatic N) is 1. The van der Waals surface area contributed by atoms with E-state index in [4.69, 9.17) is 4.74 Å². The summed E-state index contributed by atoms with van der Waals surface area (Å²) in [6.07, 6.45) is 37.0. The number of esters is 1. The standard InChI is InChI=1S/C49H76N2O6/c1-7-9-10-11-12-13-14-15-16-17-18-19-20-21-22-23-24-25-46(55)51-31-30-40(36-51)50-45(54)35-42(53)34-41(52)28-29-43-38(4)26-27-39-32-37(3)33-44(47(39)43)57-48(56)49(5,6)8-2/h9-10,12-13,15-16,18-19,21-22,26-27,32,37-38,40-44,47,52-53H,7-8,11,14,17,20,23-25,28-31,33-36H2,1-6H3,(H,50,54)/b10-9-,13-12-,16-15-,19-18-,22-21-/t37-,38?,40?,41?,42?,43-,44?,47?/m0/s1. The minimum atomic E-state index is -0.963. The summed E-state index contributed by atoms with van der Waals surface area (Å²) in [5.74, 6) is 0.526. The monoisotopic (exact) mass is 789 g/mol. The number of amides is 2. The maximum Gasteiger partial charge on any atom is 0.311 e. The van der Waals surface area contributed by atoms with Crippen LogP contribution in [0.25, 0.3) is 0 Å². The number of rotatable bonds is 24. The number of likely N-dealkylation sites (tertiary alicyclic amines) is 1. The van der Waals surface area contributed by atoms with E-state index in [-0.39, 0.29) is 60.5 Å². The van der Waals surface area contributed by atoms with Crippen LogP contribution < -0.4 is 5.32 Å². The fraction of sp³-hybridized carbons (Fsp3) is 0.653. The molecule has 1 aliphatic heterocycles. The van der Waals surface area contributed by atoms with Crippen molar-refractivity contribution in [1.29, 1.82) is 0 Å². The van der Waals surface area contributed by atoms with Crippen LogP contribution in [0.5, 0.6) is 0 Å². The second-order valence-electron chi connectivity index (χ2n) is 17.3. The molecule has 8 atom stereocenters. The Labute approximate surface area is 345 Å². The van der Waals surface area contributed by atoms with E-state index in [1.165, 1.54) is 5.57 Å². The molecule has 6 unspecified atom stereocenters. The third-order valence-corrected chi connectivity index (χ3v) is 11.9. The molecule has 0 radical (unpaired) electrons. The number of hydrogen-bond acceptors (Lipinski definition) is 6. The Morgan fingerprint density at radius 3 is 2.19 bits per heavy atom. The number of aliphatic hydroxyl groups excluding tert-OH is 2. The number of carbonyl (C=O) groups is 3. The van der Waals surface area contributed by atoms with Crippen molar-refractivity contribution in [2.45, 2.75) is 162 Å². The Balaban J connectivity index is 1.31. The van der Waals surface area contributed by atoms with Crippen molar-refractivity contribution < 1.29 is 29.3 Å². The van der Waals surface area contributed by atoms with Crippen molar-refractivity contribution in [3.8, 4) is 0 Å². The highest BCUT2D eigenvalue weighted by Gasteiger charge is 2.43. The van der Waals surface area contributed by atoms with Crippen LogP contribution in [0.1, 0.15) is 138 Å². The van der Waals surface area contributed by atoms with Crippen molar-refractivity contribution in [3.63, 3.8) is 0 Å². The number of ether oxygens (including phenoxy) is 1. The minimum Gasteiger partial charge on any atom is -0.461 e. The molecule has 318 valence electrons. The molecule has 1 heterocycles. The van der Waals surface area contributed by atoms with E-state index in [0.717, 1.165) is 57.8 Å². The normalized spacial score (nSPS) is 25.2. The van der Waals surface area contributed by atoms with E-state index >= 15 is 0 Å². The van der Waals surface area contributed by atoms with Crippen molar-refractivity contribution in [1.82, 2.24) is 10.2 Å². The molecule has 8 heteroatoms. The van der Waals surface area contributed by atoms with Gasteiger partial charge in [-0.2, -0.15) is 0 Å². The average molecular weight is 789 g/mol. The molecule has 0 aromatic carbocycles. The van der Waals surface area contributed by atoms with Gasteiger partial charge in [-0.15, -0.1) is 0 Å². The predicted molar refractivity (Wildman–Crippen MR) is 233 cm³/mol. The zero-order chi connectivity index (χ0) is 41.6. The van der Waals surface area contributed by atoms with Gasteiger partial charge >= 0.3 is 5.97 Å². The molecule has 0 spiro atoms. The molecule has 8 nitrogen and oxygen atoms in total. The van der Waals surface area contributed by atoms with Gasteiger partial charge in [-0.3, -0.25) is 14.4 Å². The molecule has 57 heavy (non-hydrogen) atoms. The molecule has 2 aliphatic carbocycles. The number of hydrogen-bond donors (Lipinski definition) is 3. The van der Waals surface area contributed by atoms with Gasteiger partial charge in [0.25, 0.3) is 0 Å². The van der Waals surface area contributed by atoms with Gasteiger partial charge in [0.15, 0.2) is 0 Å². The van der Waals surface area contributed by atoms with Gasteiger partial charge < -0.3 is 25.2 Å². The molecule has 0 aromatic rings. The molecule has 0 saturated carbocycles. The van der Waals surface area contributed by atoms with Gasteiger partial charge in [-0.1, -0.05) is 107 Å². The van der Waals surface area contributed by atoms with E-state index in [0.29, 0.717) is 44.7 Å². The topological polar surface area (TPSA) is 116 Å². The second-order valence-corrected chi connectivity index (χ2v) is 17.3. The maximum absolute atomic E-state index is 13.1. The van der Waals surface area contributed by atoms with Crippen LogP contribution in [0.4, 0.5) is 0 Å². The molecular weight excluding hydrogens is 713 g/mol. The van der Waals surface area contributed by atoms with Crippen molar-refractivity contribution in [3.05, 3.63) is 84.6 Å². The number of carbonyl (C=O) groups excluding carboxylic acids is 3. The van der Waals surface area contributed by atoms with Gasteiger partial charge in [-0.05, 0) is 121 Å². The number of allylic oxidation sites excluding steroid dienone is 13. The van der Waals surface area contributed by atoms with E-state index in [2.05, 4.69) is 105 Å². The first-order chi connectivity index (χ1) is 27.3. The molecule has 3 rings (SSSR count). The van der Waals surface area contributed by atoms with E-state index in [1.807, 2.05) is 25.7 Å². The van der Waals surface area contributed by atoms with Crippen LogP contribution in [0.15, 0.2) is 84.6 Å². The average Bonchev–Trinajstić information content (AvgIpc) is 3.63. The Bertz CT molecular complexity index is 1450. The van der Waals surface area contributed by atoms with Crippen LogP contribution in [0.3, 0.4) is 0 Å². The maximum atomic E-state index is 13.1. The summed E-state index contributed by atoms with van der Waals surface area (Å²) >= 11 is 0. The summed E-state index contributed by atoms with van der Waals surface area (Å²) in [4.78, 5) is 40.6. The van der Waals surface area contributed by atoms with Gasteiger partial charge in [0.05, 0.1) is 24.0 Å². The zero-order valence-electron chi connectivity index (χ0n) is 36.1. The number of fused-ring (bicyclic) bond motifs is 1. The SMILES string of the molecule is CC/C=C\C/C=C\C/C=C\C/C=C\C/C=C\CCCC(=O)N1CCC(NC(=O)CC(O)CC(O)CC[C@H]2C(C)C=CC3=C[C@H](C)CC(OC(=O)C(C)(C)CC)C32)C1. The third-order valence-electron chi connectivity index (χ3n) is 11.9. The van der Waals surface area contributed by atoms with Crippen LogP contribution >= 0.6 is 0 Å². The first-order valence-electron chi connectivity index (χ1n) is 22.1. The lowest BCUT2D eigenvalue weighted by Gasteiger charge is -2.44. The van der Waals surface area contributed by atoms with Crippen molar-refractivity contribution in [2.75, 3.05) is 13.1 Å². The fourth-order valence-corrected chi connectivity index (χ4v) is 8.07. The third kappa shape index (κ3) is 17.5. The van der Waals surface area contributed by atoms with Gasteiger partial charge in [0.2, 0.25) is 11.8 Å². The van der Waals surface area contributed by atoms with Crippen LogP contribution in [0, 0.1) is 29.1 Å². The number of unbranched alkanes of at least 4 members (excludes halogenated alkanes) is 1. The lowest BCUT2D eigenvalue weighted by Crippen LogP contribution is -2.43. The predicted octanol–water partition coefficient (Wildman–Crippen LogP) is 9.66. The Morgan fingerprint density at radius 1 is 0.930 bits per heavy atom. The first-order valence-corrected chi connectivity index (χ1v) is 22.1. The Hall–Kier alpha value is -3.49. The lowest BCUT2D eigenvalue weighted by molar-refractivity contribution is -0.164. The van der Waals surface area contributed by atoms with E-state index < -0.39 is 17.6 Å². The summed E-state index contributed by atoms with van der Waals surface area (Å²) in [5, 5.41) is 24.7. The van der Waals surface area contributed by atoms with Gasteiger partial charge in [0, 0.05) is 31.5 Å². The summed E-state index contributed by atoms with van der Waals surface area (Å²) < 4.78 is 6.22. The van der Waals surface area contributed by atoms with Gasteiger partial charge in [0.1, 0.15) is 6.10 Å². The molecule has 3 aliphatic rings. The Kier molecular flexibility index (Phi) is 21.7. The summed E-state index contributed by atoms with van der Waals surface area (Å²) in [5.41, 5.74) is 0.672.